The van der Waals surface area contributed by atoms with Crippen LogP contribution in [0.3, 0.4) is 0 Å². The van der Waals surface area contributed by atoms with Gasteiger partial charge < -0.3 is 4.74 Å². The molecule has 172 valence electrons. The van der Waals surface area contributed by atoms with Crippen LogP contribution in [0.1, 0.15) is 45.0 Å². The molecule has 6 nitrogen and oxygen atoms in total. The molecule has 31 heavy (non-hydrogen) atoms. The van der Waals surface area contributed by atoms with Gasteiger partial charge in [0, 0.05) is 13.1 Å². The number of thiophene rings is 1. The van der Waals surface area contributed by atoms with E-state index in [9.17, 15) is 40.7 Å². The van der Waals surface area contributed by atoms with Crippen molar-refractivity contribution in [3.8, 4) is 0 Å². The SMILES string of the molecule is O=C(c1ccc(C(=O)C(F)(F)F)s1)N1CCN2CCCCCC2C1OC(=O)C(F)(F)F. The van der Waals surface area contributed by atoms with E-state index in [0.717, 1.165) is 29.9 Å². The first kappa shape index (κ1) is 23.5. The topological polar surface area (TPSA) is 66.9 Å². The van der Waals surface area contributed by atoms with Gasteiger partial charge in [-0.25, -0.2) is 4.79 Å². The van der Waals surface area contributed by atoms with Crippen molar-refractivity contribution in [2.75, 3.05) is 19.6 Å². The van der Waals surface area contributed by atoms with Crippen LogP contribution in [0.4, 0.5) is 26.3 Å². The fourth-order valence-corrected chi connectivity index (χ4v) is 4.68. The van der Waals surface area contributed by atoms with Gasteiger partial charge in [0.2, 0.25) is 0 Å². The van der Waals surface area contributed by atoms with E-state index in [1.807, 2.05) is 4.90 Å². The number of Topliss-reactive ketones (excluding diaryl/α,β-unsaturated/α-hetero) is 1. The van der Waals surface area contributed by atoms with Crippen LogP contribution in [0.15, 0.2) is 12.1 Å². The Hall–Kier alpha value is -2.15. The third-order valence-corrected chi connectivity index (χ3v) is 6.27. The number of halogens is 6. The lowest BCUT2D eigenvalue weighted by molar-refractivity contribution is -0.218. The molecule has 2 fully saturated rings. The number of fused-ring (bicyclic) bond motifs is 1. The normalized spacial score (nSPS) is 23.1. The van der Waals surface area contributed by atoms with Gasteiger partial charge in [0.15, 0.2) is 6.23 Å². The largest absolute Gasteiger partial charge is 0.491 e. The highest BCUT2D eigenvalue weighted by molar-refractivity contribution is 7.16. The van der Waals surface area contributed by atoms with Crippen LogP contribution in [0.5, 0.6) is 0 Å². The molecule has 0 spiro atoms. The zero-order valence-corrected chi connectivity index (χ0v) is 16.8. The van der Waals surface area contributed by atoms with Gasteiger partial charge in [0.25, 0.3) is 11.7 Å². The highest BCUT2D eigenvalue weighted by Crippen LogP contribution is 2.32. The minimum absolute atomic E-state index is 0.0778. The van der Waals surface area contributed by atoms with E-state index in [0.29, 0.717) is 37.3 Å². The first-order valence-electron chi connectivity index (χ1n) is 9.44. The molecule has 2 aliphatic heterocycles. The molecular weight excluding hydrogens is 454 g/mol. The number of alkyl halides is 6. The first-order valence-corrected chi connectivity index (χ1v) is 10.3. The predicted octanol–water partition coefficient (Wildman–Crippen LogP) is 3.63. The summed E-state index contributed by atoms with van der Waals surface area (Å²) in [7, 11) is 0. The lowest BCUT2D eigenvalue weighted by Crippen LogP contribution is -2.62. The molecule has 1 aromatic heterocycles. The number of hydrogen-bond donors (Lipinski definition) is 0. The van der Waals surface area contributed by atoms with Crippen molar-refractivity contribution in [3.05, 3.63) is 21.9 Å². The van der Waals surface area contributed by atoms with Crippen LogP contribution < -0.4 is 0 Å². The summed E-state index contributed by atoms with van der Waals surface area (Å²) >= 11 is 0.293. The van der Waals surface area contributed by atoms with Crippen LogP contribution >= 0.6 is 11.3 Å². The number of amides is 1. The smallest absolute Gasteiger partial charge is 0.433 e. The zero-order chi connectivity index (χ0) is 23.0. The van der Waals surface area contributed by atoms with E-state index in [1.54, 1.807) is 0 Å². The second-order valence-corrected chi connectivity index (χ2v) is 8.32. The van der Waals surface area contributed by atoms with E-state index < -0.39 is 47.2 Å². The van der Waals surface area contributed by atoms with Crippen molar-refractivity contribution in [1.82, 2.24) is 9.80 Å². The average Bonchev–Trinajstić information content (AvgIpc) is 3.04. The molecule has 2 aliphatic rings. The zero-order valence-electron chi connectivity index (χ0n) is 16.0. The fraction of sp³-hybridized carbons (Fsp3) is 0.611. The maximum Gasteiger partial charge on any atom is 0.491 e. The van der Waals surface area contributed by atoms with E-state index >= 15 is 0 Å². The number of ketones is 1. The Balaban J connectivity index is 1.88. The minimum Gasteiger partial charge on any atom is -0.433 e. The number of carbonyl (C=O) groups excluding carboxylic acids is 3. The summed E-state index contributed by atoms with van der Waals surface area (Å²) in [5.74, 6) is -5.46. The first-order chi connectivity index (χ1) is 14.4. The van der Waals surface area contributed by atoms with Gasteiger partial charge in [0.1, 0.15) is 0 Å². The number of hydrogen-bond acceptors (Lipinski definition) is 6. The lowest BCUT2D eigenvalue weighted by atomic mass is 10.0. The summed E-state index contributed by atoms with van der Waals surface area (Å²) < 4.78 is 81.1. The molecule has 3 heterocycles. The average molecular weight is 472 g/mol. The van der Waals surface area contributed by atoms with Gasteiger partial charge in [-0.1, -0.05) is 12.8 Å². The van der Waals surface area contributed by atoms with Gasteiger partial charge in [-0.3, -0.25) is 19.4 Å². The van der Waals surface area contributed by atoms with Gasteiger partial charge in [-0.05, 0) is 31.5 Å². The molecule has 0 saturated carbocycles. The maximum atomic E-state index is 12.9. The van der Waals surface area contributed by atoms with Gasteiger partial charge in [-0.2, -0.15) is 26.3 Å². The van der Waals surface area contributed by atoms with Gasteiger partial charge in [-0.15, -0.1) is 11.3 Å². The van der Waals surface area contributed by atoms with Crippen LogP contribution in [0.2, 0.25) is 0 Å². The summed E-state index contributed by atoms with van der Waals surface area (Å²) in [6.45, 7) is 0.803. The number of esters is 1. The van der Waals surface area contributed by atoms with Gasteiger partial charge in [0.05, 0.1) is 15.8 Å². The monoisotopic (exact) mass is 472 g/mol. The second-order valence-electron chi connectivity index (χ2n) is 7.24. The van der Waals surface area contributed by atoms with Gasteiger partial charge >= 0.3 is 18.3 Å². The molecule has 0 N–H and O–H groups in total. The van der Waals surface area contributed by atoms with Crippen molar-refractivity contribution in [3.63, 3.8) is 0 Å². The predicted molar refractivity (Wildman–Crippen MR) is 95.5 cm³/mol. The molecular formula is C18H18F6N2O4S. The second kappa shape index (κ2) is 8.77. The van der Waals surface area contributed by atoms with Crippen molar-refractivity contribution in [1.29, 1.82) is 0 Å². The van der Waals surface area contributed by atoms with E-state index in [-0.39, 0.29) is 11.4 Å². The van der Waals surface area contributed by atoms with E-state index in [4.69, 9.17) is 4.74 Å². The summed E-state index contributed by atoms with van der Waals surface area (Å²) in [6.07, 6.45) is -9.25. The molecule has 0 aliphatic carbocycles. The third kappa shape index (κ3) is 5.20. The van der Waals surface area contributed by atoms with Crippen LogP contribution in [0, 0.1) is 0 Å². The standard InChI is InChI=1S/C18H18F6N2O4S/c19-17(20,21)13(27)11-5-6-12(31-11)14(28)26-9-8-25-7-3-1-2-4-10(25)15(26)30-16(29)18(22,23)24/h5-6,10,15H,1-4,7-9H2. The van der Waals surface area contributed by atoms with Crippen molar-refractivity contribution in [2.45, 2.75) is 50.3 Å². The Morgan fingerprint density at radius 1 is 0.903 bits per heavy atom. The van der Waals surface area contributed by atoms with Crippen molar-refractivity contribution < 1.29 is 45.5 Å². The molecule has 0 aromatic carbocycles. The summed E-state index contributed by atoms with van der Waals surface area (Å²) in [6, 6.07) is 1.18. The maximum absolute atomic E-state index is 12.9. The van der Waals surface area contributed by atoms with Crippen molar-refractivity contribution >= 4 is 29.0 Å². The van der Waals surface area contributed by atoms with Crippen LogP contribution in [-0.2, 0) is 9.53 Å². The van der Waals surface area contributed by atoms with Crippen LogP contribution in [-0.4, -0.2) is 71.7 Å². The van der Waals surface area contributed by atoms with E-state index in [1.165, 1.54) is 0 Å². The molecule has 0 radical (unpaired) electrons. The number of carbonyl (C=O) groups is 3. The highest BCUT2D eigenvalue weighted by atomic mass is 32.1. The minimum atomic E-state index is -5.27. The number of piperazine rings is 1. The molecule has 1 amide bonds. The molecule has 3 rings (SSSR count). The van der Waals surface area contributed by atoms with E-state index in [2.05, 4.69) is 0 Å². The lowest BCUT2D eigenvalue weighted by Gasteiger charge is -2.46. The number of ether oxygens (including phenoxy) is 1. The quantitative estimate of drug-likeness (QED) is 0.382. The summed E-state index contributed by atoms with van der Waals surface area (Å²) in [4.78, 5) is 37.7. The molecule has 13 heteroatoms. The molecule has 2 unspecified atom stereocenters. The number of nitrogens with zero attached hydrogens (tertiary/aromatic N) is 2. The molecule has 1 aromatic rings. The third-order valence-electron chi connectivity index (χ3n) is 5.20. The van der Waals surface area contributed by atoms with Crippen molar-refractivity contribution in [2.24, 2.45) is 0 Å². The Labute approximate surface area is 176 Å². The van der Waals surface area contributed by atoms with Crippen LogP contribution in [0.25, 0.3) is 0 Å². The summed E-state index contributed by atoms with van der Waals surface area (Å²) in [5.41, 5.74) is 0. The Morgan fingerprint density at radius 3 is 2.23 bits per heavy atom. The molecule has 0 bridgehead atoms. The Kier molecular flexibility index (Phi) is 6.65. The molecule has 2 saturated heterocycles. The fourth-order valence-electron chi connectivity index (χ4n) is 3.76. The Morgan fingerprint density at radius 2 is 1.58 bits per heavy atom. The summed E-state index contributed by atoms with van der Waals surface area (Å²) in [5, 5.41) is 0. The number of rotatable bonds is 3. The highest BCUT2D eigenvalue weighted by Gasteiger charge is 2.48. The Bertz CT molecular complexity index is 853. The molecule has 2 atom stereocenters.